The molecule has 0 spiro atoms. The van der Waals surface area contributed by atoms with Gasteiger partial charge in [0.2, 0.25) is 0 Å². The summed E-state index contributed by atoms with van der Waals surface area (Å²) in [6.07, 6.45) is 3.26. The van der Waals surface area contributed by atoms with E-state index >= 15 is 0 Å². The molecule has 2 heterocycles. The highest BCUT2D eigenvalue weighted by Gasteiger charge is 2.34. The minimum Gasteiger partial charge on any atom is -0.396 e. The number of hydrogen-bond acceptors (Lipinski definition) is 4. The fourth-order valence-electron chi connectivity index (χ4n) is 3.83. The lowest BCUT2D eigenvalue weighted by Gasteiger charge is -2.39. The minimum atomic E-state index is -0.483. The summed E-state index contributed by atoms with van der Waals surface area (Å²) in [7, 11) is 0. The monoisotopic (exact) mass is 363 g/mol. The van der Waals surface area contributed by atoms with Crippen molar-refractivity contribution >= 4 is 17.5 Å². The Morgan fingerprint density at radius 1 is 1.04 bits per heavy atom. The molecule has 3 rings (SSSR count). The molecule has 7 heteroatoms. The number of hydrogen-bond donors (Lipinski definition) is 1. The Morgan fingerprint density at radius 2 is 1.77 bits per heavy atom. The molecule has 1 aromatic carbocycles. The van der Waals surface area contributed by atoms with Crippen molar-refractivity contribution < 1.29 is 19.1 Å². The second-order valence-corrected chi connectivity index (χ2v) is 6.89. The van der Waals surface area contributed by atoms with Gasteiger partial charge in [0.05, 0.1) is 5.69 Å². The summed E-state index contributed by atoms with van der Waals surface area (Å²) in [6.45, 7) is 2.39. The normalized spacial score (nSPS) is 21.0. The summed E-state index contributed by atoms with van der Waals surface area (Å²) >= 11 is 0. The van der Waals surface area contributed by atoms with Crippen molar-refractivity contribution in [2.24, 2.45) is 0 Å². The maximum absolute atomic E-state index is 13.9. The molecule has 0 aliphatic carbocycles. The lowest BCUT2D eigenvalue weighted by Crippen LogP contribution is -2.55. The largest absolute Gasteiger partial charge is 0.396 e. The Bertz CT molecular complexity index is 645. The average Bonchev–Trinajstić information content (AvgIpc) is 2.68. The molecule has 6 nitrogen and oxygen atoms in total. The van der Waals surface area contributed by atoms with E-state index in [9.17, 15) is 19.1 Å². The predicted molar refractivity (Wildman–Crippen MR) is 96.2 cm³/mol. The molecule has 1 N–H and O–H groups in total. The van der Waals surface area contributed by atoms with Crippen LogP contribution < -0.4 is 4.90 Å². The Labute approximate surface area is 153 Å². The SMILES string of the molecule is O=C(C(=O)N1CCCCC1CCO)N1CCN(c2ccccc2F)CC1. The predicted octanol–water partition coefficient (Wildman–Crippen LogP) is 1.24. The van der Waals surface area contributed by atoms with E-state index in [-0.39, 0.29) is 18.5 Å². The number of amides is 2. The number of aliphatic hydroxyl groups is 1. The second kappa shape index (κ2) is 8.49. The summed E-state index contributed by atoms with van der Waals surface area (Å²) < 4.78 is 13.9. The first-order valence-electron chi connectivity index (χ1n) is 9.32. The van der Waals surface area contributed by atoms with Crippen LogP contribution in [-0.4, -0.2) is 72.1 Å². The molecule has 2 amide bonds. The van der Waals surface area contributed by atoms with Gasteiger partial charge in [0.25, 0.3) is 0 Å². The summed E-state index contributed by atoms with van der Waals surface area (Å²) in [6, 6.07) is 6.54. The summed E-state index contributed by atoms with van der Waals surface area (Å²) in [5, 5.41) is 9.20. The lowest BCUT2D eigenvalue weighted by atomic mass is 9.99. The van der Waals surface area contributed by atoms with Gasteiger partial charge in [0.1, 0.15) is 5.82 Å². The van der Waals surface area contributed by atoms with Crippen LogP contribution in [0.1, 0.15) is 25.7 Å². The Kier molecular flexibility index (Phi) is 6.08. The van der Waals surface area contributed by atoms with Crippen LogP contribution in [-0.2, 0) is 9.59 Å². The first kappa shape index (κ1) is 18.6. The zero-order valence-corrected chi connectivity index (χ0v) is 14.9. The maximum Gasteiger partial charge on any atom is 0.312 e. The number of para-hydroxylation sites is 1. The molecule has 2 saturated heterocycles. The van der Waals surface area contributed by atoms with Gasteiger partial charge in [-0.3, -0.25) is 9.59 Å². The minimum absolute atomic E-state index is 0.0178. The first-order chi connectivity index (χ1) is 12.6. The average molecular weight is 363 g/mol. The highest BCUT2D eigenvalue weighted by Crippen LogP contribution is 2.22. The van der Waals surface area contributed by atoms with Crippen LogP contribution in [0.4, 0.5) is 10.1 Å². The zero-order chi connectivity index (χ0) is 18.5. The smallest absolute Gasteiger partial charge is 0.312 e. The van der Waals surface area contributed by atoms with E-state index in [0.29, 0.717) is 44.8 Å². The van der Waals surface area contributed by atoms with Gasteiger partial charge >= 0.3 is 11.8 Å². The number of rotatable bonds is 3. The quantitative estimate of drug-likeness (QED) is 0.821. The van der Waals surface area contributed by atoms with Crippen LogP contribution in [0.3, 0.4) is 0 Å². The van der Waals surface area contributed by atoms with Crippen molar-refractivity contribution in [1.82, 2.24) is 9.80 Å². The number of likely N-dealkylation sites (tertiary alicyclic amines) is 1. The molecule has 0 saturated carbocycles. The molecule has 0 aromatic heterocycles. The van der Waals surface area contributed by atoms with E-state index in [1.165, 1.54) is 6.07 Å². The fourth-order valence-corrected chi connectivity index (χ4v) is 3.83. The van der Waals surface area contributed by atoms with Crippen molar-refractivity contribution in [1.29, 1.82) is 0 Å². The number of nitrogens with zero attached hydrogens (tertiary/aromatic N) is 3. The summed E-state index contributed by atoms with van der Waals surface area (Å²) in [5.41, 5.74) is 0.532. The van der Waals surface area contributed by atoms with Crippen LogP contribution in [0.15, 0.2) is 24.3 Å². The third-order valence-corrected chi connectivity index (χ3v) is 5.29. The van der Waals surface area contributed by atoms with E-state index in [2.05, 4.69) is 0 Å². The van der Waals surface area contributed by atoms with E-state index in [0.717, 1.165) is 19.3 Å². The molecule has 0 bridgehead atoms. The second-order valence-electron chi connectivity index (χ2n) is 6.89. The number of carbonyl (C=O) groups excluding carboxylic acids is 2. The van der Waals surface area contributed by atoms with Crippen LogP contribution in [0.5, 0.6) is 0 Å². The van der Waals surface area contributed by atoms with Crippen LogP contribution in [0.2, 0.25) is 0 Å². The molecule has 1 aromatic rings. The number of benzene rings is 1. The van der Waals surface area contributed by atoms with Crippen molar-refractivity contribution in [3.63, 3.8) is 0 Å². The van der Waals surface area contributed by atoms with Crippen LogP contribution in [0.25, 0.3) is 0 Å². The van der Waals surface area contributed by atoms with Gasteiger partial charge in [0.15, 0.2) is 0 Å². The molecule has 142 valence electrons. The summed E-state index contributed by atoms with van der Waals surface area (Å²) in [4.78, 5) is 30.4. The number of piperidine rings is 1. The molecule has 26 heavy (non-hydrogen) atoms. The van der Waals surface area contributed by atoms with Crippen molar-refractivity contribution in [2.75, 3.05) is 44.2 Å². The molecule has 1 atom stereocenters. The molecule has 2 fully saturated rings. The molecular formula is C19H26FN3O3. The van der Waals surface area contributed by atoms with Gasteiger partial charge in [-0.15, -0.1) is 0 Å². The van der Waals surface area contributed by atoms with Gasteiger partial charge in [0, 0.05) is 45.4 Å². The summed E-state index contributed by atoms with van der Waals surface area (Å²) in [5.74, 6) is -1.23. The van der Waals surface area contributed by atoms with Crippen molar-refractivity contribution in [2.45, 2.75) is 31.7 Å². The van der Waals surface area contributed by atoms with E-state index < -0.39 is 11.8 Å². The molecule has 1 unspecified atom stereocenters. The number of halogens is 1. The Hall–Kier alpha value is -2.15. The topological polar surface area (TPSA) is 64.1 Å². The lowest BCUT2D eigenvalue weighted by molar-refractivity contribution is -0.154. The van der Waals surface area contributed by atoms with Gasteiger partial charge in [-0.1, -0.05) is 12.1 Å². The highest BCUT2D eigenvalue weighted by molar-refractivity contribution is 6.35. The standard InChI is InChI=1S/C19H26FN3O3/c20-16-6-1-2-7-17(16)21-10-12-22(13-11-21)18(25)19(26)23-9-4-3-5-15(23)8-14-24/h1-2,6-7,15,24H,3-5,8-14H2. The first-order valence-corrected chi connectivity index (χ1v) is 9.32. The molecular weight excluding hydrogens is 337 g/mol. The number of carbonyl (C=O) groups is 2. The Balaban J connectivity index is 1.59. The molecule has 2 aliphatic rings. The maximum atomic E-state index is 13.9. The zero-order valence-electron chi connectivity index (χ0n) is 14.9. The Morgan fingerprint density at radius 3 is 2.46 bits per heavy atom. The van der Waals surface area contributed by atoms with Gasteiger partial charge in [-0.05, 0) is 37.8 Å². The third kappa shape index (κ3) is 3.98. The van der Waals surface area contributed by atoms with Gasteiger partial charge in [-0.25, -0.2) is 4.39 Å². The molecule has 2 aliphatic heterocycles. The van der Waals surface area contributed by atoms with E-state index in [1.54, 1.807) is 28.0 Å². The van der Waals surface area contributed by atoms with Gasteiger partial charge < -0.3 is 19.8 Å². The van der Waals surface area contributed by atoms with Crippen LogP contribution >= 0.6 is 0 Å². The van der Waals surface area contributed by atoms with E-state index in [4.69, 9.17) is 0 Å². The number of aliphatic hydroxyl groups excluding tert-OH is 1. The fraction of sp³-hybridized carbons (Fsp3) is 0.579. The van der Waals surface area contributed by atoms with Crippen molar-refractivity contribution in [3.05, 3.63) is 30.1 Å². The molecule has 0 radical (unpaired) electrons. The number of piperazine rings is 1. The van der Waals surface area contributed by atoms with Gasteiger partial charge in [-0.2, -0.15) is 0 Å². The van der Waals surface area contributed by atoms with Crippen molar-refractivity contribution in [3.8, 4) is 0 Å². The van der Waals surface area contributed by atoms with E-state index in [1.807, 2.05) is 4.90 Å². The number of anilines is 1. The van der Waals surface area contributed by atoms with Crippen LogP contribution in [0, 0.1) is 5.82 Å². The third-order valence-electron chi connectivity index (χ3n) is 5.29. The highest BCUT2D eigenvalue weighted by atomic mass is 19.1.